The molecule has 1 aliphatic rings. The second-order valence-corrected chi connectivity index (χ2v) is 17.1. The molecule has 0 saturated carbocycles. The molecule has 1 heterocycles. The minimum atomic E-state index is -3.97. The fraction of sp³-hybridized carbons (Fsp3) is 0.632. The number of aryl methyl sites for hydroxylation is 2. The molecule has 1 aliphatic heterocycles. The van der Waals surface area contributed by atoms with Crippen LogP contribution in [0.3, 0.4) is 0 Å². The monoisotopic (exact) mass is 796 g/mol. The van der Waals surface area contributed by atoms with Crippen molar-refractivity contribution in [3.8, 4) is 0 Å². The molecule has 16 heteroatoms. The fourth-order valence-corrected chi connectivity index (χ4v) is 8.19. The van der Waals surface area contributed by atoms with Crippen LogP contribution < -0.4 is 9.44 Å². The topological polar surface area (TPSA) is 170 Å². The largest absolute Gasteiger partial charge is 0.377 e. The van der Waals surface area contributed by atoms with E-state index < -0.39 is 32.1 Å². The van der Waals surface area contributed by atoms with E-state index in [0.717, 1.165) is 11.1 Å². The Morgan fingerprint density at radius 1 is 0.556 bits per heavy atom. The Bertz CT molecular complexity index is 1510. The highest BCUT2D eigenvalue weighted by Crippen LogP contribution is 2.19. The molecule has 304 valence electrons. The SMILES string of the molecule is CC[C@@H](C)[C@@H](NS(=O)(=O)c1ccc(C)cc1)C(=O)N1CCOCCOCCN(C(=O)[C@@H](NS(=O)(=O)c2ccc(C)cc2)[C@@H](C)CC)CCOCCOCC1. The molecule has 3 rings (SSSR count). The van der Waals surface area contributed by atoms with E-state index >= 15 is 0 Å². The van der Waals surface area contributed by atoms with Crippen LogP contribution in [0.15, 0.2) is 58.3 Å². The average Bonchev–Trinajstić information content (AvgIpc) is 3.15. The van der Waals surface area contributed by atoms with Crippen LogP contribution in [0, 0.1) is 25.7 Å². The molecule has 14 nitrogen and oxygen atoms in total. The Hall–Kier alpha value is -2.96. The van der Waals surface area contributed by atoms with Crippen LogP contribution in [0.5, 0.6) is 0 Å². The number of hydrogen-bond donors (Lipinski definition) is 2. The standard InChI is InChI=1S/C38H60N4O10S2/c1-7-31(5)35(39-53(45,46)33-13-9-29(3)10-14-33)37(43)41-17-21-49-25-27-51-23-19-42(20-24-52-28-26-50-22-18-41)38(44)36(32(6)8-2)40-54(47,48)34-15-11-30(4)12-16-34/h9-16,31-32,35-36,39-40H,7-8,17-28H2,1-6H3/t31-,32+,35-,36+. The van der Waals surface area contributed by atoms with Crippen molar-refractivity contribution in [1.82, 2.24) is 19.2 Å². The number of ether oxygens (including phenoxy) is 4. The summed E-state index contributed by atoms with van der Waals surface area (Å²) in [6.45, 7) is 13.6. The van der Waals surface area contributed by atoms with Gasteiger partial charge in [0, 0.05) is 26.2 Å². The van der Waals surface area contributed by atoms with Crippen LogP contribution in [-0.4, -0.2) is 130 Å². The Labute approximate surface area is 322 Å². The van der Waals surface area contributed by atoms with Crippen molar-refractivity contribution in [1.29, 1.82) is 0 Å². The molecule has 0 unspecified atom stereocenters. The second-order valence-electron chi connectivity index (χ2n) is 13.7. The Morgan fingerprint density at radius 2 is 0.833 bits per heavy atom. The maximum absolute atomic E-state index is 13.9. The maximum Gasteiger partial charge on any atom is 0.241 e. The summed E-state index contributed by atoms with van der Waals surface area (Å²) in [5, 5.41) is 0. The van der Waals surface area contributed by atoms with E-state index in [4.69, 9.17) is 18.9 Å². The molecule has 0 bridgehead atoms. The minimum absolute atomic E-state index is 0.0890. The molecular weight excluding hydrogens is 737 g/mol. The lowest BCUT2D eigenvalue weighted by Gasteiger charge is -2.31. The van der Waals surface area contributed by atoms with Crippen LogP contribution in [0.25, 0.3) is 0 Å². The summed E-state index contributed by atoms with van der Waals surface area (Å²) in [5.74, 6) is -1.30. The van der Waals surface area contributed by atoms with Crippen LogP contribution >= 0.6 is 0 Å². The number of benzene rings is 2. The van der Waals surface area contributed by atoms with Crippen molar-refractivity contribution >= 4 is 31.9 Å². The van der Waals surface area contributed by atoms with Gasteiger partial charge in [-0.15, -0.1) is 0 Å². The van der Waals surface area contributed by atoms with Gasteiger partial charge in [0.2, 0.25) is 31.9 Å². The number of hydrogen-bond acceptors (Lipinski definition) is 10. The molecular formula is C38H60N4O10S2. The molecule has 0 aliphatic carbocycles. The molecule has 0 radical (unpaired) electrons. The third-order valence-corrected chi connectivity index (χ3v) is 12.5. The molecule has 0 aromatic heterocycles. The van der Waals surface area contributed by atoms with Crippen LogP contribution in [0.1, 0.15) is 51.7 Å². The van der Waals surface area contributed by atoms with Gasteiger partial charge in [0.15, 0.2) is 0 Å². The van der Waals surface area contributed by atoms with Crippen LogP contribution in [0.2, 0.25) is 0 Å². The first kappa shape index (κ1) is 45.4. The number of carbonyl (C=O) groups excluding carboxylic acids is 2. The molecule has 4 atom stereocenters. The number of nitrogens with zero attached hydrogens (tertiary/aromatic N) is 2. The highest BCUT2D eigenvalue weighted by Gasteiger charge is 2.34. The third kappa shape index (κ3) is 14.3. The van der Waals surface area contributed by atoms with Gasteiger partial charge < -0.3 is 28.7 Å². The number of sulfonamides is 2. The van der Waals surface area contributed by atoms with E-state index in [1.807, 2.05) is 41.5 Å². The lowest BCUT2D eigenvalue weighted by atomic mass is 9.99. The van der Waals surface area contributed by atoms with Crippen molar-refractivity contribution in [3.05, 3.63) is 59.7 Å². The van der Waals surface area contributed by atoms with E-state index in [1.165, 1.54) is 24.3 Å². The highest BCUT2D eigenvalue weighted by atomic mass is 32.2. The summed E-state index contributed by atoms with van der Waals surface area (Å²) < 4.78 is 81.7. The zero-order chi connectivity index (χ0) is 39.7. The third-order valence-electron chi connectivity index (χ3n) is 9.57. The van der Waals surface area contributed by atoms with Crippen molar-refractivity contribution < 1.29 is 45.4 Å². The van der Waals surface area contributed by atoms with Gasteiger partial charge >= 0.3 is 0 Å². The van der Waals surface area contributed by atoms with Crippen LogP contribution in [0.4, 0.5) is 0 Å². The van der Waals surface area contributed by atoms with Crippen molar-refractivity contribution in [2.24, 2.45) is 11.8 Å². The van der Waals surface area contributed by atoms with Crippen LogP contribution in [-0.2, 0) is 48.6 Å². The molecule has 1 saturated heterocycles. The zero-order valence-corrected chi connectivity index (χ0v) is 34.3. The lowest BCUT2D eigenvalue weighted by Crippen LogP contribution is -2.53. The van der Waals surface area contributed by atoms with Gasteiger partial charge in [0.1, 0.15) is 12.1 Å². The van der Waals surface area contributed by atoms with E-state index in [2.05, 4.69) is 9.44 Å². The first-order chi connectivity index (χ1) is 25.7. The number of nitrogens with one attached hydrogen (secondary N) is 2. The first-order valence-corrected chi connectivity index (χ1v) is 21.7. The number of amides is 2. The average molecular weight is 797 g/mol. The van der Waals surface area contributed by atoms with E-state index in [-0.39, 0.29) is 112 Å². The zero-order valence-electron chi connectivity index (χ0n) is 32.6. The fourth-order valence-electron chi connectivity index (χ4n) is 5.60. The van der Waals surface area contributed by atoms with Gasteiger partial charge in [-0.05, 0) is 49.9 Å². The number of carbonyl (C=O) groups is 2. The molecule has 2 amide bonds. The van der Waals surface area contributed by atoms with Gasteiger partial charge in [-0.1, -0.05) is 75.9 Å². The van der Waals surface area contributed by atoms with Gasteiger partial charge in [0.25, 0.3) is 0 Å². The molecule has 54 heavy (non-hydrogen) atoms. The lowest BCUT2D eigenvalue weighted by molar-refractivity contribution is -0.137. The highest BCUT2D eigenvalue weighted by molar-refractivity contribution is 7.89. The predicted molar refractivity (Wildman–Crippen MR) is 206 cm³/mol. The minimum Gasteiger partial charge on any atom is -0.377 e. The van der Waals surface area contributed by atoms with Gasteiger partial charge in [-0.25, -0.2) is 16.8 Å². The predicted octanol–water partition coefficient (Wildman–Crippen LogP) is 3.13. The molecule has 2 N–H and O–H groups in total. The molecule has 2 aromatic carbocycles. The summed E-state index contributed by atoms with van der Waals surface area (Å²) in [6, 6.07) is 11.0. The van der Waals surface area contributed by atoms with Gasteiger partial charge in [0.05, 0.1) is 62.6 Å². The van der Waals surface area contributed by atoms with E-state index in [0.29, 0.717) is 12.8 Å². The van der Waals surface area contributed by atoms with Gasteiger partial charge in [-0.2, -0.15) is 9.44 Å². The summed E-state index contributed by atoms with van der Waals surface area (Å²) in [4.78, 5) is 31.1. The van der Waals surface area contributed by atoms with Crippen molar-refractivity contribution in [2.75, 3.05) is 79.0 Å². The summed E-state index contributed by atoms with van der Waals surface area (Å²) >= 11 is 0. The molecule has 2 aromatic rings. The quantitative estimate of drug-likeness (QED) is 0.326. The summed E-state index contributed by atoms with van der Waals surface area (Å²) in [6.07, 6.45) is 1.15. The summed E-state index contributed by atoms with van der Waals surface area (Å²) in [7, 11) is -7.93. The van der Waals surface area contributed by atoms with E-state index in [1.54, 1.807) is 34.1 Å². The van der Waals surface area contributed by atoms with Gasteiger partial charge in [-0.3, -0.25) is 9.59 Å². The first-order valence-electron chi connectivity index (χ1n) is 18.8. The molecule has 1 fully saturated rings. The number of rotatable bonds is 12. The normalized spacial score (nSPS) is 18.9. The van der Waals surface area contributed by atoms with Crippen molar-refractivity contribution in [2.45, 2.75) is 76.3 Å². The van der Waals surface area contributed by atoms with Crippen molar-refractivity contribution in [3.63, 3.8) is 0 Å². The summed E-state index contributed by atoms with van der Waals surface area (Å²) in [5.41, 5.74) is 1.85. The Balaban J connectivity index is 1.64. The Kier molecular flexibility index (Phi) is 19.0. The second kappa shape index (κ2) is 22.6. The maximum atomic E-state index is 13.9. The molecule has 0 spiro atoms. The smallest absolute Gasteiger partial charge is 0.241 e. The van der Waals surface area contributed by atoms with E-state index in [9.17, 15) is 26.4 Å². The Morgan fingerprint density at radius 3 is 1.09 bits per heavy atom.